The average molecular weight is 589 g/mol. The van der Waals surface area contributed by atoms with Crippen LogP contribution in [-0.4, -0.2) is 67.0 Å². The van der Waals surface area contributed by atoms with Gasteiger partial charge in [-0.25, -0.2) is 0 Å². The molecule has 218 valence electrons. The lowest BCUT2D eigenvalue weighted by molar-refractivity contribution is -0.288. The fourth-order valence-corrected chi connectivity index (χ4v) is 4.08. The second-order valence-corrected chi connectivity index (χ2v) is 9.40. The van der Waals surface area contributed by atoms with Gasteiger partial charge in [0, 0.05) is 38.3 Å². The summed E-state index contributed by atoms with van der Waals surface area (Å²) in [6.07, 6.45) is -3.45. The van der Waals surface area contributed by atoms with Gasteiger partial charge in [-0.3, -0.25) is 24.0 Å². The molecule has 1 heterocycles. The molecule has 2 aromatic rings. The number of esters is 4. The summed E-state index contributed by atoms with van der Waals surface area (Å²) < 4.78 is 33.1. The number of halogens is 1. The molecular weight excluding hydrogens is 560 g/mol. The first-order valence-electron chi connectivity index (χ1n) is 12.5. The summed E-state index contributed by atoms with van der Waals surface area (Å²) in [7, 11) is 0. The molecule has 0 aliphatic carbocycles. The lowest BCUT2D eigenvalue weighted by Gasteiger charge is -2.43. The lowest BCUT2D eigenvalue weighted by Crippen LogP contribution is -2.63. The van der Waals surface area contributed by atoms with E-state index in [-0.39, 0.29) is 18.1 Å². The third-order valence-corrected chi connectivity index (χ3v) is 5.89. The smallest absolute Gasteiger partial charge is 0.303 e. The van der Waals surface area contributed by atoms with Gasteiger partial charge in [-0.2, -0.15) is 0 Å². The number of carbonyl (C=O) groups is 5. The second-order valence-electron chi connectivity index (χ2n) is 8.96. The molecule has 0 amide bonds. The lowest BCUT2D eigenvalue weighted by atomic mass is 9.98. The Bertz CT molecular complexity index is 1290. The van der Waals surface area contributed by atoms with E-state index in [1.54, 1.807) is 54.6 Å². The van der Waals surface area contributed by atoms with Gasteiger partial charge >= 0.3 is 23.9 Å². The van der Waals surface area contributed by atoms with E-state index >= 15 is 0 Å². The summed E-state index contributed by atoms with van der Waals surface area (Å²) in [4.78, 5) is 59.6. The van der Waals surface area contributed by atoms with Crippen LogP contribution in [-0.2, 0) is 42.9 Å². The van der Waals surface area contributed by atoms with Crippen molar-refractivity contribution in [2.75, 3.05) is 6.61 Å². The van der Waals surface area contributed by atoms with Crippen molar-refractivity contribution in [3.05, 3.63) is 70.8 Å². The van der Waals surface area contributed by atoms with Crippen LogP contribution in [0.4, 0.5) is 0 Å². The van der Waals surface area contributed by atoms with E-state index in [4.69, 9.17) is 40.0 Å². The van der Waals surface area contributed by atoms with Crippen LogP contribution >= 0.6 is 11.6 Å². The van der Waals surface area contributed by atoms with E-state index in [1.165, 1.54) is 13.0 Å². The highest BCUT2D eigenvalue weighted by Gasteiger charge is 2.53. The fraction of sp³-hybridized carbons (Fsp3) is 0.345. The van der Waals surface area contributed by atoms with Crippen LogP contribution in [0.15, 0.2) is 54.6 Å². The molecule has 0 N–H and O–H groups in total. The van der Waals surface area contributed by atoms with Crippen LogP contribution in [0.3, 0.4) is 0 Å². The maximum absolute atomic E-state index is 12.4. The van der Waals surface area contributed by atoms with Crippen LogP contribution in [0.5, 0.6) is 5.75 Å². The Morgan fingerprint density at radius 1 is 0.756 bits per heavy atom. The van der Waals surface area contributed by atoms with Gasteiger partial charge in [-0.1, -0.05) is 29.8 Å². The molecule has 11 nitrogen and oxygen atoms in total. The molecule has 0 saturated carbocycles. The molecule has 0 spiro atoms. The van der Waals surface area contributed by atoms with Crippen LogP contribution in [0.1, 0.15) is 43.6 Å². The molecule has 41 heavy (non-hydrogen) atoms. The van der Waals surface area contributed by atoms with E-state index in [2.05, 4.69) is 0 Å². The van der Waals surface area contributed by atoms with Crippen molar-refractivity contribution in [2.24, 2.45) is 0 Å². The third kappa shape index (κ3) is 9.44. The Kier molecular flexibility index (Phi) is 11.0. The Morgan fingerprint density at radius 2 is 1.32 bits per heavy atom. The van der Waals surface area contributed by atoms with Crippen LogP contribution in [0.2, 0.25) is 5.02 Å². The maximum Gasteiger partial charge on any atom is 0.303 e. The molecule has 1 aliphatic rings. The third-order valence-electron chi connectivity index (χ3n) is 5.64. The summed E-state index contributed by atoms with van der Waals surface area (Å²) in [5.74, 6) is -2.79. The summed E-state index contributed by atoms with van der Waals surface area (Å²) in [6, 6.07) is 13.0. The minimum absolute atomic E-state index is 0.209. The zero-order chi connectivity index (χ0) is 30.1. The van der Waals surface area contributed by atoms with Gasteiger partial charge in [0.05, 0.1) is 0 Å². The van der Waals surface area contributed by atoms with Crippen molar-refractivity contribution in [3.63, 3.8) is 0 Å². The molecule has 1 saturated heterocycles. The van der Waals surface area contributed by atoms with Crippen LogP contribution in [0.25, 0.3) is 6.08 Å². The van der Waals surface area contributed by atoms with Gasteiger partial charge in [0.25, 0.3) is 0 Å². The molecular formula is C29H29ClO11. The number of ketones is 1. The monoisotopic (exact) mass is 588 g/mol. The van der Waals surface area contributed by atoms with Gasteiger partial charge in [0.1, 0.15) is 18.5 Å². The van der Waals surface area contributed by atoms with Gasteiger partial charge in [-0.15, -0.1) is 0 Å². The van der Waals surface area contributed by atoms with E-state index in [9.17, 15) is 24.0 Å². The van der Waals surface area contributed by atoms with E-state index in [1.807, 2.05) is 0 Å². The molecule has 0 aromatic heterocycles. The highest BCUT2D eigenvalue weighted by molar-refractivity contribution is 6.30. The molecule has 2 aromatic carbocycles. The number of rotatable bonds is 10. The fourth-order valence-electron chi connectivity index (χ4n) is 3.96. The number of ether oxygens (including phenoxy) is 6. The van der Waals surface area contributed by atoms with Crippen molar-refractivity contribution in [1.29, 1.82) is 0 Å². The zero-order valence-electron chi connectivity index (χ0n) is 22.7. The molecule has 0 radical (unpaired) electrons. The molecule has 1 aliphatic heterocycles. The van der Waals surface area contributed by atoms with E-state index in [0.717, 1.165) is 20.8 Å². The predicted molar refractivity (Wildman–Crippen MR) is 144 cm³/mol. The highest BCUT2D eigenvalue weighted by Crippen LogP contribution is 2.31. The minimum Gasteiger partial charge on any atom is -0.463 e. The number of hydrogen-bond acceptors (Lipinski definition) is 11. The van der Waals surface area contributed by atoms with Crippen LogP contribution in [0, 0.1) is 0 Å². The standard InChI is InChI=1S/C29H29ClO11/c1-16(31)36-15-25-26(37-17(2)32)27(38-18(3)33)28(39-19(4)34)29(41-25)40-23-12-5-20(6-13-23)7-14-24(35)21-8-10-22(30)11-9-21/h5-14,25-29H,15H2,1-4H3/b14-7+/t25-,26-,27-,28-,29-/m1/s1. The van der Waals surface area contributed by atoms with Gasteiger partial charge in [-0.05, 0) is 48.0 Å². The average Bonchev–Trinajstić information content (AvgIpc) is 2.90. The van der Waals surface area contributed by atoms with Gasteiger partial charge in [0.15, 0.2) is 18.0 Å². The van der Waals surface area contributed by atoms with Gasteiger partial charge in [0.2, 0.25) is 12.4 Å². The van der Waals surface area contributed by atoms with Crippen molar-refractivity contribution in [1.82, 2.24) is 0 Å². The Balaban J connectivity index is 1.84. The first kappa shape index (κ1) is 31.3. The summed E-state index contributed by atoms with van der Waals surface area (Å²) in [5.41, 5.74) is 1.16. The Morgan fingerprint density at radius 3 is 1.88 bits per heavy atom. The van der Waals surface area contributed by atoms with E-state index < -0.39 is 54.6 Å². The number of allylic oxidation sites excluding steroid dienone is 1. The minimum atomic E-state index is -1.36. The van der Waals surface area contributed by atoms with Crippen molar-refractivity contribution < 1.29 is 52.4 Å². The van der Waals surface area contributed by atoms with Gasteiger partial charge < -0.3 is 28.4 Å². The first-order valence-corrected chi connectivity index (χ1v) is 12.9. The Labute approximate surface area is 241 Å². The van der Waals surface area contributed by atoms with E-state index in [0.29, 0.717) is 16.1 Å². The predicted octanol–water partition coefficient (Wildman–Crippen LogP) is 3.70. The SMILES string of the molecule is CC(=O)OC[C@H]1O[C@@H](Oc2ccc(/C=C/C(=O)c3ccc(Cl)cc3)cc2)[C@H](OC(C)=O)[C@H](OC(C)=O)[C@@H]1OC(C)=O. The van der Waals surface area contributed by atoms with Crippen molar-refractivity contribution in [3.8, 4) is 5.75 Å². The number of carbonyl (C=O) groups excluding carboxylic acids is 5. The second kappa shape index (κ2) is 14.4. The largest absolute Gasteiger partial charge is 0.463 e. The molecule has 0 bridgehead atoms. The summed E-state index contributed by atoms with van der Waals surface area (Å²) >= 11 is 5.86. The Hall–Kier alpha value is -4.22. The topological polar surface area (TPSA) is 141 Å². The molecule has 0 unspecified atom stereocenters. The summed E-state index contributed by atoms with van der Waals surface area (Å²) in [5, 5.41) is 0.526. The first-order chi connectivity index (χ1) is 19.4. The molecule has 12 heteroatoms. The number of hydrogen-bond donors (Lipinski definition) is 0. The van der Waals surface area contributed by atoms with Crippen LogP contribution < -0.4 is 4.74 Å². The summed E-state index contributed by atoms with van der Waals surface area (Å²) in [6.45, 7) is 4.22. The maximum atomic E-state index is 12.4. The van der Waals surface area contributed by atoms with Crippen molar-refractivity contribution in [2.45, 2.75) is 58.4 Å². The molecule has 3 rings (SSSR count). The molecule has 5 atom stereocenters. The molecule has 1 fully saturated rings. The quantitative estimate of drug-likeness (QED) is 0.174. The zero-order valence-corrected chi connectivity index (χ0v) is 23.5. The van der Waals surface area contributed by atoms with Crippen molar-refractivity contribution >= 4 is 47.3 Å². The number of benzene rings is 2. The highest BCUT2D eigenvalue weighted by atomic mass is 35.5. The normalized spacial score (nSPS) is 21.9.